The molecule has 0 heterocycles. The van der Waals surface area contributed by atoms with Crippen molar-refractivity contribution in [2.45, 2.75) is 19.1 Å². The molecule has 0 saturated carbocycles. The average Bonchev–Trinajstić information content (AvgIpc) is 2.12. The minimum atomic E-state index is -0.405. The van der Waals surface area contributed by atoms with Crippen LogP contribution in [0.2, 0.25) is 0 Å². The number of hydrogen-bond acceptors (Lipinski definition) is 2. The fourth-order valence-corrected chi connectivity index (χ4v) is 1.04. The van der Waals surface area contributed by atoms with Gasteiger partial charge in [-0.1, -0.05) is 6.07 Å². The zero-order chi connectivity index (χ0) is 10.7. The highest BCUT2D eigenvalue weighted by molar-refractivity contribution is 7.81. The molecule has 1 aromatic carbocycles. The smallest absolute Gasteiger partial charge is 0.236 e. The van der Waals surface area contributed by atoms with E-state index in [1.807, 2.05) is 0 Å². The number of benzene rings is 1. The highest BCUT2D eigenvalue weighted by Gasteiger charge is 2.10. The minimum Gasteiger partial charge on any atom is -0.325 e. The Balaban J connectivity index is 2.87. The second kappa shape index (κ2) is 4.46. The van der Waals surface area contributed by atoms with Gasteiger partial charge in [0.1, 0.15) is 5.82 Å². The van der Waals surface area contributed by atoms with E-state index in [0.717, 1.165) is 0 Å². The van der Waals surface area contributed by atoms with Crippen LogP contribution in [0.4, 0.5) is 10.1 Å². The van der Waals surface area contributed by atoms with Gasteiger partial charge < -0.3 is 5.32 Å². The van der Waals surface area contributed by atoms with Gasteiger partial charge >= 0.3 is 0 Å². The standard InChI is InChI=1S/C10H12FNOS/c1-6-8(11)4-3-5-9(6)12-10(13)7(2)14/h3-5,7,14H,1-2H3,(H,12,13). The van der Waals surface area contributed by atoms with Crippen molar-refractivity contribution in [3.8, 4) is 0 Å². The Labute approximate surface area is 87.9 Å². The van der Waals surface area contributed by atoms with E-state index in [2.05, 4.69) is 17.9 Å². The van der Waals surface area contributed by atoms with E-state index in [0.29, 0.717) is 11.3 Å². The van der Waals surface area contributed by atoms with Crippen molar-refractivity contribution in [3.63, 3.8) is 0 Å². The van der Waals surface area contributed by atoms with Crippen molar-refractivity contribution in [3.05, 3.63) is 29.6 Å². The molecule has 0 fully saturated rings. The van der Waals surface area contributed by atoms with Crippen LogP contribution in [0.1, 0.15) is 12.5 Å². The summed E-state index contributed by atoms with van der Waals surface area (Å²) in [4.78, 5) is 11.3. The second-order valence-corrected chi connectivity index (χ2v) is 3.85. The zero-order valence-electron chi connectivity index (χ0n) is 8.04. The molecule has 0 bridgehead atoms. The molecule has 1 atom stereocenters. The van der Waals surface area contributed by atoms with Crippen LogP contribution in [-0.4, -0.2) is 11.2 Å². The lowest BCUT2D eigenvalue weighted by molar-refractivity contribution is -0.115. The molecular weight excluding hydrogens is 201 g/mol. The van der Waals surface area contributed by atoms with E-state index < -0.39 is 5.25 Å². The Hall–Kier alpha value is -1.03. The van der Waals surface area contributed by atoms with E-state index in [-0.39, 0.29) is 11.7 Å². The first-order chi connectivity index (χ1) is 6.52. The van der Waals surface area contributed by atoms with E-state index in [1.54, 1.807) is 26.0 Å². The molecule has 76 valence electrons. The number of rotatable bonds is 2. The Kier molecular flexibility index (Phi) is 3.52. The predicted molar refractivity (Wildman–Crippen MR) is 58.2 cm³/mol. The molecule has 0 saturated heterocycles. The largest absolute Gasteiger partial charge is 0.325 e. The van der Waals surface area contributed by atoms with Gasteiger partial charge in [-0.2, -0.15) is 12.6 Å². The molecule has 1 N–H and O–H groups in total. The Bertz CT molecular complexity index is 352. The first kappa shape index (κ1) is 11.0. The van der Waals surface area contributed by atoms with Crippen molar-refractivity contribution >= 4 is 24.2 Å². The van der Waals surface area contributed by atoms with Crippen LogP contribution < -0.4 is 5.32 Å². The maximum Gasteiger partial charge on any atom is 0.236 e. The van der Waals surface area contributed by atoms with Crippen molar-refractivity contribution < 1.29 is 9.18 Å². The molecular formula is C10H12FNOS. The molecule has 4 heteroatoms. The van der Waals surface area contributed by atoms with Crippen molar-refractivity contribution in [2.24, 2.45) is 0 Å². The number of amides is 1. The normalized spacial score (nSPS) is 12.3. The maximum atomic E-state index is 13.1. The molecule has 0 radical (unpaired) electrons. The number of halogens is 1. The molecule has 0 aliphatic rings. The SMILES string of the molecule is Cc1c(F)cccc1NC(=O)C(C)S. The van der Waals surface area contributed by atoms with E-state index in [9.17, 15) is 9.18 Å². The highest BCUT2D eigenvalue weighted by atomic mass is 32.1. The van der Waals surface area contributed by atoms with E-state index in [1.165, 1.54) is 6.07 Å². The number of carbonyl (C=O) groups excluding carboxylic acids is 1. The van der Waals surface area contributed by atoms with Crippen LogP contribution >= 0.6 is 12.6 Å². The molecule has 1 rings (SSSR count). The van der Waals surface area contributed by atoms with Crippen LogP contribution in [0.15, 0.2) is 18.2 Å². The van der Waals surface area contributed by atoms with Gasteiger partial charge in [0, 0.05) is 11.3 Å². The number of nitrogens with one attached hydrogen (secondary N) is 1. The topological polar surface area (TPSA) is 29.1 Å². The monoisotopic (exact) mass is 213 g/mol. The highest BCUT2D eigenvalue weighted by Crippen LogP contribution is 2.17. The summed E-state index contributed by atoms with van der Waals surface area (Å²) in [5.74, 6) is -0.559. The molecule has 0 spiro atoms. The molecule has 1 unspecified atom stereocenters. The van der Waals surface area contributed by atoms with E-state index >= 15 is 0 Å². The lowest BCUT2D eigenvalue weighted by Crippen LogP contribution is -2.21. The van der Waals surface area contributed by atoms with Crippen LogP contribution in [-0.2, 0) is 4.79 Å². The van der Waals surface area contributed by atoms with Gasteiger partial charge in [0.2, 0.25) is 5.91 Å². The molecule has 2 nitrogen and oxygen atoms in total. The van der Waals surface area contributed by atoms with Gasteiger partial charge in [-0.3, -0.25) is 4.79 Å². The average molecular weight is 213 g/mol. The molecule has 14 heavy (non-hydrogen) atoms. The molecule has 0 aliphatic carbocycles. The summed E-state index contributed by atoms with van der Waals surface area (Å²) in [5.41, 5.74) is 0.936. The Morgan fingerprint density at radius 1 is 1.57 bits per heavy atom. The number of anilines is 1. The number of carbonyl (C=O) groups is 1. The summed E-state index contributed by atoms with van der Waals surface area (Å²) in [5, 5.41) is 2.19. The third-order valence-electron chi connectivity index (χ3n) is 1.91. The maximum absolute atomic E-state index is 13.1. The van der Waals surface area contributed by atoms with Crippen molar-refractivity contribution in [2.75, 3.05) is 5.32 Å². The lowest BCUT2D eigenvalue weighted by atomic mass is 10.2. The lowest BCUT2D eigenvalue weighted by Gasteiger charge is -2.09. The Morgan fingerprint density at radius 3 is 2.79 bits per heavy atom. The third-order valence-corrected chi connectivity index (χ3v) is 2.14. The zero-order valence-corrected chi connectivity index (χ0v) is 8.94. The molecule has 1 amide bonds. The van der Waals surface area contributed by atoms with Gasteiger partial charge in [0.05, 0.1) is 5.25 Å². The van der Waals surface area contributed by atoms with Crippen LogP contribution in [0.25, 0.3) is 0 Å². The molecule has 0 aliphatic heterocycles. The summed E-state index contributed by atoms with van der Waals surface area (Å²) < 4.78 is 13.1. The van der Waals surface area contributed by atoms with Gasteiger partial charge in [-0.15, -0.1) is 0 Å². The van der Waals surface area contributed by atoms with Crippen molar-refractivity contribution in [1.29, 1.82) is 0 Å². The summed E-state index contributed by atoms with van der Waals surface area (Å²) in [6, 6.07) is 4.57. The van der Waals surface area contributed by atoms with Gasteiger partial charge in [0.15, 0.2) is 0 Å². The van der Waals surface area contributed by atoms with Crippen LogP contribution in [0, 0.1) is 12.7 Å². The molecule has 0 aromatic heterocycles. The summed E-state index contributed by atoms with van der Waals surface area (Å²) in [6.45, 7) is 3.28. The fourth-order valence-electron chi connectivity index (χ4n) is 0.980. The fraction of sp³-hybridized carbons (Fsp3) is 0.300. The number of hydrogen-bond donors (Lipinski definition) is 2. The third kappa shape index (κ3) is 2.48. The first-order valence-corrected chi connectivity index (χ1v) is 4.78. The van der Waals surface area contributed by atoms with Crippen LogP contribution in [0.3, 0.4) is 0 Å². The quantitative estimate of drug-likeness (QED) is 0.726. The van der Waals surface area contributed by atoms with Gasteiger partial charge in [-0.05, 0) is 26.0 Å². The molecule has 1 aromatic rings. The van der Waals surface area contributed by atoms with E-state index in [4.69, 9.17) is 0 Å². The summed E-state index contributed by atoms with van der Waals surface area (Å²) in [6.07, 6.45) is 0. The minimum absolute atomic E-state index is 0.234. The van der Waals surface area contributed by atoms with Crippen molar-refractivity contribution in [1.82, 2.24) is 0 Å². The summed E-state index contributed by atoms with van der Waals surface area (Å²) >= 11 is 3.98. The second-order valence-electron chi connectivity index (χ2n) is 3.08. The van der Waals surface area contributed by atoms with Gasteiger partial charge in [-0.25, -0.2) is 4.39 Å². The number of thiol groups is 1. The Morgan fingerprint density at radius 2 is 2.21 bits per heavy atom. The predicted octanol–water partition coefficient (Wildman–Crippen LogP) is 2.39. The first-order valence-electron chi connectivity index (χ1n) is 4.26. The summed E-state index contributed by atoms with van der Waals surface area (Å²) in [7, 11) is 0. The van der Waals surface area contributed by atoms with Gasteiger partial charge in [0.25, 0.3) is 0 Å². The van der Waals surface area contributed by atoms with Crippen LogP contribution in [0.5, 0.6) is 0 Å².